The van der Waals surface area contributed by atoms with E-state index in [1.807, 2.05) is 6.07 Å². The topological polar surface area (TPSA) is 49.4 Å². The van der Waals surface area contributed by atoms with Crippen molar-refractivity contribution in [3.63, 3.8) is 0 Å². The molecule has 2 aliphatic rings. The van der Waals surface area contributed by atoms with Crippen LogP contribution in [-0.4, -0.2) is 23.9 Å². The summed E-state index contributed by atoms with van der Waals surface area (Å²) in [7, 11) is 0. The van der Waals surface area contributed by atoms with Gasteiger partial charge in [0.05, 0.1) is 0 Å². The van der Waals surface area contributed by atoms with Crippen molar-refractivity contribution in [2.24, 2.45) is 0 Å². The molecule has 0 spiro atoms. The van der Waals surface area contributed by atoms with Gasteiger partial charge in [-0.25, -0.2) is 0 Å². The summed E-state index contributed by atoms with van der Waals surface area (Å²) >= 11 is 5.94. The number of carbonyl (C=O) groups excluding carboxylic acids is 2. The zero-order valence-corrected chi connectivity index (χ0v) is 9.99. The maximum absolute atomic E-state index is 12.1. The van der Waals surface area contributed by atoms with Gasteiger partial charge in [-0.2, -0.15) is 0 Å². The molecule has 0 radical (unpaired) electrons. The van der Waals surface area contributed by atoms with Gasteiger partial charge < -0.3 is 5.32 Å². The Morgan fingerprint density at radius 1 is 1.41 bits per heavy atom. The summed E-state index contributed by atoms with van der Waals surface area (Å²) in [6, 6.07) is 4.53. The molecule has 3 rings (SSSR count). The Labute approximate surface area is 104 Å². The van der Waals surface area contributed by atoms with Gasteiger partial charge in [-0.05, 0) is 24.6 Å². The molecule has 1 aromatic rings. The lowest BCUT2D eigenvalue weighted by molar-refractivity contribution is -0.133. The highest BCUT2D eigenvalue weighted by Crippen LogP contribution is 2.36. The zero-order valence-electron chi connectivity index (χ0n) is 9.24. The minimum Gasteiger partial charge on any atom is -0.343 e. The first-order valence-corrected chi connectivity index (χ1v) is 5.87. The van der Waals surface area contributed by atoms with E-state index in [0.717, 1.165) is 11.3 Å². The lowest BCUT2D eigenvalue weighted by atomic mass is 10.1. The highest BCUT2D eigenvalue weighted by molar-refractivity contribution is 6.31. The van der Waals surface area contributed by atoms with Gasteiger partial charge in [0, 0.05) is 17.1 Å². The van der Waals surface area contributed by atoms with E-state index in [1.165, 1.54) is 0 Å². The van der Waals surface area contributed by atoms with Crippen LogP contribution in [0, 0.1) is 0 Å². The molecular weight excluding hydrogens is 240 g/mol. The number of anilines is 1. The number of hydrogen-bond donors (Lipinski definition) is 1. The Kier molecular flexibility index (Phi) is 2.16. The van der Waals surface area contributed by atoms with E-state index in [1.54, 1.807) is 24.0 Å². The van der Waals surface area contributed by atoms with Gasteiger partial charge >= 0.3 is 0 Å². The SMILES string of the molecule is CC1NC(=O)C2Cc3ccc(Cl)cc3N2C1=O. The van der Waals surface area contributed by atoms with Crippen molar-refractivity contribution in [1.29, 1.82) is 0 Å². The van der Waals surface area contributed by atoms with Crippen molar-refractivity contribution in [3.8, 4) is 0 Å². The van der Waals surface area contributed by atoms with E-state index in [0.29, 0.717) is 11.4 Å². The summed E-state index contributed by atoms with van der Waals surface area (Å²) in [4.78, 5) is 25.5. The molecule has 88 valence electrons. The average Bonchev–Trinajstić information content (AvgIpc) is 2.65. The van der Waals surface area contributed by atoms with E-state index in [4.69, 9.17) is 11.6 Å². The van der Waals surface area contributed by atoms with E-state index in [2.05, 4.69) is 5.32 Å². The van der Waals surface area contributed by atoms with Crippen LogP contribution in [0.3, 0.4) is 0 Å². The van der Waals surface area contributed by atoms with E-state index in [9.17, 15) is 9.59 Å². The Morgan fingerprint density at radius 3 is 2.94 bits per heavy atom. The number of hydrogen-bond acceptors (Lipinski definition) is 2. The van der Waals surface area contributed by atoms with Crippen molar-refractivity contribution < 1.29 is 9.59 Å². The third kappa shape index (κ3) is 1.44. The Balaban J connectivity index is 2.11. The monoisotopic (exact) mass is 250 g/mol. The predicted molar refractivity (Wildman–Crippen MR) is 64.0 cm³/mol. The van der Waals surface area contributed by atoms with Gasteiger partial charge in [0.1, 0.15) is 12.1 Å². The molecule has 1 saturated heterocycles. The molecule has 1 N–H and O–H groups in total. The number of rotatable bonds is 0. The van der Waals surface area contributed by atoms with E-state index < -0.39 is 12.1 Å². The summed E-state index contributed by atoms with van der Waals surface area (Å²) in [5.74, 6) is -0.167. The van der Waals surface area contributed by atoms with Crippen LogP contribution in [0.1, 0.15) is 12.5 Å². The minimum atomic E-state index is -0.469. The quantitative estimate of drug-likeness (QED) is 0.750. The molecule has 2 amide bonds. The Morgan fingerprint density at radius 2 is 2.18 bits per heavy atom. The lowest BCUT2D eigenvalue weighted by Gasteiger charge is -2.33. The van der Waals surface area contributed by atoms with Crippen LogP contribution >= 0.6 is 11.6 Å². The van der Waals surface area contributed by atoms with Crippen LogP contribution in [0.4, 0.5) is 5.69 Å². The van der Waals surface area contributed by atoms with E-state index >= 15 is 0 Å². The molecule has 5 heteroatoms. The van der Waals surface area contributed by atoms with Crippen LogP contribution in [0.25, 0.3) is 0 Å². The first kappa shape index (κ1) is 10.6. The second kappa shape index (κ2) is 3.47. The Bertz CT molecular complexity index is 529. The molecule has 2 atom stereocenters. The minimum absolute atomic E-state index is 0.0735. The fourth-order valence-corrected chi connectivity index (χ4v) is 2.63. The fourth-order valence-electron chi connectivity index (χ4n) is 2.46. The molecule has 17 heavy (non-hydrogen) atoms. The summed E-state index contributed by atoms with van der Waals surface area (Å²) < 4.78 is 0. The van der Waals surface area contributed by atoms with Crippen molar-refractivity contribution >= 4 is 29.1 Å². The third-order valence-electron chi connectivity index (χ3n) is 3.30. The maximum Gasteiger partial charge on any atom is 0.250 e. The smallest absolute Gasteiger partial charge is 0.250 e. The number of nitrogens with zero attached hydrogens (tertiary/aromatic N) is 1. The van der Waals surface area contributed by atoms with Gasteiger partial charge in [-0.3, -0.25) is 14.5 Å². The first-order valence-electron chi connectivity index (χ1n) is 5.50. The van der Waals surface area contributed by atoms with Crippen molar-refractivity contribution in [2.75, 3.05) is 4.90 Å². The van der Waals surface area contributed by atoms with Crippen LogP contribution in [-0.2, 0) is 16.0 Å². The Hall–Kier alpha value is -1.55. The number of fused-ring (bicyclic) bond motifs is 3. The zero-order chi connectivity index (χ0) is 12.2. The number of carbonyl (C=O) groups is 2. The lowest BCUT2D eigenvalue weighted by Crippen LogP contribution is -2.61. The van der Waals surface area contributed by atoms with Gasteiger partial charge in [-0.15, -0.1) is 0 Å². The molecule has 2 aliphatic heterocycles. The summed E-state index contributed by atoms with van der Waals surface area (Å²) in [5.41, 5.74) is 1.77. The normalized spacial score (nSPS) is 26.6. The molecule has 0 aromatic heterocycles. The number of halogens is 1. The molecule has 2 unspecified atom stereocenters. The van der Waals surface area contributed by atoms with Crippen molar-refractivity contribution in [2.45, 2.75) is 25.4 Å². The molecule has 1 fully saturated rings. The molecule has 0 bridgehead atoms. The number of piperazine rings is 1. The highest BCUT2D eigenvalue weighted by atomic mass is 35.5. The molecule has 0 aliphatic carbocycles. The van der Waals surface area contributed by atoms with Crippen LogP contribution in [0.5, 0.6) is 0 Å². The van der Waals surface area contributed by atoms with Crippen LogP contribution in [0.2, 0.25) is 5.02 Å². The molecule has 2 heterocycles. The second-order valence-corrected chi connectivity index (χ2v) is 4.87. The van der Waals surface area contributed by atoms with Gasteiger partial charge in [0.15, 0.2) is 0 Å². The third-order valence-corrected chi connectivity index (χ3v) is 3.54. The fraction of sp³-hybridized carbons (Fsp3) is 0.333. The van der Waals surface area contributed by atoms with Crippen molar-refractivity contribution in [3.05, 3.63) is 28.8 Å². The molecular formula is C12H11ClN2O2. The number of amides is 2. The first-order chi connectivity index (χ1) is 8.08. The number of benzene rings is 1. The molecule has 1 aromatic carbocycles. The second-order valence-electron chi connectivity index (χ2n) is 4.43. The summed E-state index contributed by atoms with van der Waals surface area (Å²) in [6.07, 6.45) is 0.566. The highest BCUT2D eigenvalue weighted by Gasteiger charge is 2.44. The van der Waals surface area contributed by atoms with Crippen LogP contribution in [0.15, 0.2) is 18.2 Å². The largest absolute Gasteiger partial charge is 0.343 e. The molecule has 4 nitrogen and oxygen atoms in total. The van der Waals surface area contributed by atoms with Gasteiger partial charge in [-0.1, -0.05) is 17.7 Å². The summed E-state index contributed by atoms with van der Waals surface area (Å²) in [6.45, 7) is 1.69. The average molecular weight is 251 g/mol. The number of nitrogens with one attached hydrogen (secondary N) is 1. The van der Waals surface area contributed by atoms with Gasteiger partial charge in [0.2, 0.25) is 11.8 Å². The predicted octanol–water partition coefficient (Wildman–Crippen LogP) is 1.12. The van der Waals surface area contributed by atoms with Gasteiger partial charge in [0.25, 0.3) is 0 Å². The standard InChI is InChI=1S/C12H11ClN2O2/c1-6-12(17)15-9-5-8(13)3-2-7(9)4-10(15)11(16)14-6/h2-3,5-6,10H,4H2,1H3,(H,14,16). The van der Waals surface area contributed by atoms with E-state index in [-0.39, 0.29) is 11.8 Å². The van der Waals surface area contributed by atoms with Crippen molar-refractivity contribution in [1.82, 2.24) is 5.32 Å². The summed E-state index contributed by atoms with van der Waals surface area (Å²) in [5, 5.41) is 3.27. The van der Waals surface area contributed by atoms with Crippen LogP contribution < -0.4 is 10.2 Å². The molecule has 0 saturated carbocycles. The maximum atomic E-state index is 12.1.